The van der Waals surface area contributed by atoms with Gasteiger partial charge in [0.15, 0.2) is 0 Å². The summed E-state index contributed by atoms with van der Waals surface area (Å²) in [6.45, 7) is 3.98. The Morgan fingerprint density at radius 1 is 1.40 bits per heavy atom. The van der Waals surface area contributed by atoms with Crippen LogP contribution in [0.3, 0.4) is 0 Å². The van der Waals surface area contributed by atoms with Gasteiger partial charge < -0.3 is 5.73 Å². The molecular weight excluding hydrogens is 208 g/mol. The summed E-state index contributed by atoms with van der Waals surface area (Å²) in [5.41, 5.74) is 9.54. The second-order valence-corrected chi connectivity index (χ2v) is 4.01. The second-order valence-electron chi connectivity index (χ2n) is 3.63. The summed E-state index contributed by atoms with van der Waals surface area (Å²) in [7, 11) is 0. The molecule has 0 aliphatic carbocycles. The van der Waals surface area contributed by atoms with Crippen molar-refractivity contribution in [3.63, 3.8) is 0 Å². The Balaban J connectivity index is 2.81. The van der Waals surface area contributed by atoms with E-state index in [0.717, 1.165) is 23.0 Å². The molecule has 0 saturated carbocycles. The lowest BCUT2D eigenvalue weighted by molar-refractivity contribution is 1.14. The van der Waals surface area contributed by atoms with Crippen molar-refractivity contribution in [2.45, 2.75) is 20.3 Å². The lowest BCUT2D eigenvalue weighted by Gasteiger charge is -2.07. The summed E-state index contributed by atoms with van der Waals surface area (Å²) >= 11 is 6.06. The monoisotopic (exact) mass is 220 g/mol. The first-order valence-electron chi connectivity index (χ1n) is 4.97. The molecule has 1 aromatic heterocycles. The summed E-state index contributed by atoms with van der Waals surface area (Å²) < 4.78 is 0. The first-order valence-corrected chi connectivity index (χ1v) is 5.35. The number of hydrogen-bond acceptors (Lipinski definition) is 2. The molecule has 2 N–H and O–H groups in total. The van der Waals surface area contributed by atoms with Crippen LogP contribution in [0.25, 0.3) is 10.9 Å². The molecule has 78 valence electrons. The molecule has 0 aliphatic rings. The minimum atomic E-state index is 0.566. The third-order valence-corrected chi connectivity index (χ3v) is 3.08. The minimum Gasteiger partial charge on any atom is -0.397 e. The van der Waals surface area contributed by atoms with E-state index in [4.69, 9.17) is 17.3 Å². The molecule has 15 heavy (non-hydrogen) atoms. The number of nitrogen functional groups attached to an aromatic ring is 1. The lowest BCUT2D eigenvalue weighted by atomic mass is 10.1. The molecular formula is C12H13ClN2. The molecule has 2 aromatic rings. The molecule has 3 heteroatoms. The minimum absolute atomic E-state index is 0.566. The third-order valence-electron chi connectivity index (χ3n) is 2.60. The summed E-state index contributed by atoms with van der Waals surface area (Å²) in [6, 6.07) is 6.12. The predicted molar refractivity (Wildman–Crippen MR) is 65.3 cm³/mol. The number of benzene rings is 1. The van der Waals surface area contributed by atoms with Crippen LogP contribution in [0.1, 0.15) is 18.2 Å². The molecule has 0 aliphatic heterocycles. The van der Waals surface area contributed by atoms with Crippen LogP contribution in [0.4, 0.5) is 5.69 Å². The highest BCUT2D eigenvalue weighted by molar-refractivity contribution is 6.35. The third kappa shape index (κ3) is 1.65. The van der Waals surface area contributed by atoms with E-state index in [1.165, 1.54) is 5.56 Å². The fourth-order valence-corrected chi connectivity index (χ4v) is 1.80. The van der Waals surface area contributed by atoms with Crippen molar-refractivity contribution in [1.82, 2.24) is 4.98 Å². The highest BCUT2D eigenvalue weighted by Crippen LogP contribution is 2.30. The molecule has 2 rings (SSSR count). The summed E-state index contributed by atoms with van der Waals surface area (Å²) in [5, 5.41) is 1.51. The van der Waals surface area contributed by atoms with E-state index in [2.05, 4.69) is 24.0 Å². The zero-order valence-electron chi connectivity index (χ0n) is 8.84. The topological polar surface area (TPSA) is 38.9 Å². The number of halogens is 1. The van der Waals surface area contributed by atoms with Gasteiger partial charge in [0, 0.05) is 5.39 Å². The maximum Gasteiger partial charge on any atom is 0.0854 e. The van der Waals surface area contributed by atoms with Crippen LogP contribution in [-0.4, -0.2) is 4.98 Å². The van der Waals surface area contributed by atoms with Crippen molar-refractivity contribution >= 4 is 28.2 Å². The number of fused-ring (bicyclic) bond motifs is 1. The summed E-state index contributed by atoms with van der Waals surface area (Å²) in [5.74, 6) is 0. The van der Waals surface area contributed by atoms with Gasteiger partial charge in [0.25, 0.3) is 0 Å². The number of nitrogens with zero attached hydrogens (tertiary/aromatic N) is 1. The molecule has 0 radical (unpaired) electrons. The van der Waals surface area contributed by atoms with Gasteiger partial charge in [-0.15, -0.1) is 0 Å². The molecule has 0 unspecified atom stereocenters. The number of anilines is 1. The van der Waals surface area contributed by atoms with Crippen LogP contribution in [0, 0.1) is 6.92 Å². The predicted octanol–water partition coefficient (Wildman–Crippen LogP) is 3.34. The van der Waals surface area contributed by atoms with Crippen molar-refractivity contribution in [2.75, 3.05) is 5.73 Å². The van der Waals surface area contributed by atoms with Gasteiger partial charge in [-0.2, -0.15) is 0 Å². The second kappa shape index (κ2) is 3.70. The molecule has 0 amide bonds. The van der Waals surface area contributed by atoms with Crippen LogP contribution in [0.5, 0.6) is 0 Å². The van der Waals surface area contributed by atoms with Gasteiger partial charge in [0.2, 0.25) is 0 Å². The number of nitrogens with two attached hydrogens (primary N) is 1. The Morgan fingerprint density at radius 3 is 2.80 bits per heavy atom. The largest absolute Gasteiger partial charge is 0.397 e. The van der Waals surface area contributed by atoms with E-state index < -0.39 is 0 Å². The number of hydrogen-bond donors (Lipinski definition) is 1. The number of pyridine rings is 1. The normalized spacial score (nSPS) is 10.9. The first kappa shape index (κ1) is 10.2. The van der Waals surface area contributed by atoms with Crippen molar-refractivity contribution in [3.8, 4) is 0 Å². The van der Waals surface area contributed by atoms with E-state index in [1.54, 1.807) is 0 Å². The van der Waals surface area contributed by atoms with E-state index >= 15 is 0 Å². The standard InChI is InChI=1S/C12H13ClN2/c1-3-8-4-5-10-9(6-8)12(14)11(13)7(2)15-10/h4-6H,3H2,1-2H3,(H2,14,15). The Bertz CT molecular complexity index is 521. The van der Waals surface area contributed by atoms with Crippen molar-refractivity contribution in [3.05, 3.63) is 34.5 Å². The molecule has 0 bridgehead atoms. The SMILES string of the molecule is CCc1ccc2nc(C)c(Cl)c(N)c2c1. The molecule has 0 saturated heterocycles. The highest BCUT2D eigenvalue weighted by Gasteiger charge is 2.07. The van der Waals surface area contributed by atoms with Crippen LogP contribution >= 0.6 is 11.6 Å². The zero-order chi connectivity index (χ0) is 11.0. The molecule has 0 atom stereocenters. The van der Waals surface area contributed by atoms with Gasteiger partial charge >= 0.3 is 0 Å². The van der Waals surface area contributed by atoms with Gasteiger partial charge in [-0.1, -0.05) is 24.6 Å². The van der Waals surface area contributed by atoms with Gasteiger partial charge in [-0.25, -0.2) is 0 Å². The van der Waals surface area contributed by atoms with Crippen molar-refractivity contribution < 1.29 is 0 Å². The molecule has 2 nitrogen and oxygen atoms in total. The number of aromatic nitrogens is 1. The van der Waals surface area contributed by atoms with Crippen LogP contribution < -0.4 is 5.73 Å². The van der Waals surface area contributed by atoms with E-state index in [-0.39, 0.29) is 0 Å². The Kier molecular flexibility index (Phi) is 2.53. The Morgan fingerprint density at radius 2 is 2.13 bits per heavy atom. The highest BCUT2D eigenvalue weighted by atomic mass is 35.5. The van der Waals surface area contributed by atoms with Gasteiger partial charge in [0.1, 0.15) is 0 Å². The van der Waals surface area contributed by atoms with E-state index in [9.17, 15) is 0 Å². The van der Waals surface area contributed by atoms with Gasteiger partial charge in [-0.3, -0.25) is 4.98 Å². The lowest BCUT2D eigenvalue weighted by Crippen LogP contribution is -1.95. The van der Waals surface area contributed by atoms with E-state index in [1.807, 2.05) is 13.0 Å². The van der Waals surface area contributed by atoms with Gasteiger partial charge in [0.05, 0.1) is 21.9 Å². The molecule has 0 fully saturated rings. The van der Waals surface area contributed by atoms with Crippen molar-refractivity contribution in [2.24, 2.45) is 0 Å². The molecule has 1 heterocycles. The molecule has 1 aromatic carbocycles. The fraction of sp³-hybridized carbons (Fsp3) is 0.250. The quantitative estimate of drug-likeness (QED) is 0.801. The van der Waals surface area contributed by atoms with Gasteiger partial charge in [-0.05, 0) is 31.0 Å². The maximum atomic E-state index is 6.06. The molecule has 0 spiro atoms. The summed E-state index contributed by atoms with van der Waals surface area (Å²) in [6.07, 6.45) is 0.987. The van der Waals surface area contributed by atoms with E-state index in [0.29, 0.717) is 10.7 Å². The average Bonchev–Trinajstić information content (AvgIpc) is 2.26. The Labute approximate surface area is 94.1 Å². The van der Waals surface area contributed by atoms with Crippen LogP contribution in [-0.2, 0) is 6.42 Å². The first-order chi connectivity index (χ1) is 7.13. The van der Waals surface area contributed by atoms with Crippen molar-refractivity contribution in [1.29, 1.82) is 0 Å². The summed E-state index contributed by atoms with van der Waals surface area (Å²) in [4.78, 5) is 4.40. The fourth-order valence-electron chi connectivity index (χ4n) is 1.66. The smallest absolute Gasteiger partial charge is 0.0854 e. The average molecular weight is 221 g/mol. The number of rotatable bonds is 1. The van der Waals surface area contributed by atoms with Crippen LogP contribution in [0.2, 0.25) is 5.02 Å². The van der Waals surface area contributed by atoms with Crippen LogP contribution in [0.15, 0.2) is 18.2 Å². The Hall–Kier alpha value is -1.28. The maximum absolute atomic E-state index is 6.06. The number of aryl methyl sites for hydroxylation is 2. The zero-order valence-corrected chi connectivity index (χ0v) is 9.60.